The number of nitrogens with zero attached hydrogens (tertiary/aromatic N) is 6. The maximum Gasteiger partial charge on any atom is 0.409 e. The molecule has 4 N–H and O–H groups in total. The minimum atomic E-state index is -1.20. The van der Waals surface area contributed by atoms with E-state index in [-0.39, 0.29) is 5.69 Å². The quantitative estimate of drug-likeness (QED) is 0.165. The number of tetrazole rings is 1. The van der Waals surface area contributed by atoms with E-state index in [2.05, 4.69) is 41.7 Å². The maximum atomic E-state index is 13.3. The molecule has 0 spiro atoms. The molecule has 0 aliphatic carbocycles. The Kier molecular flexibility index (Phi) is 9.50. The van der Waals surface area contributed by atoms with Crippen molar-refractivity contribution in [2.24, 2.45) is 0 Å². The zero-order chi connectivity index (χ0) is 31.8. The van der Waals surface area contributed by atoms with Crippen molar-refractivity contribution in [2.45, 2.75) is 12.5 Å². The molecule has 0 radical (unpaired) electrons. The monoisotopic (exact) mass is 623 g/mol. The molecule has 0 fully saturated rings. The lowest BCUT2D eigenvalue weighted by Crippen LogP contribution is -2.30. The zero-order valence-electron chi connectivity index (χ0n) is 23.8. The van der Waals surface area contributed by atoms with E-state index in [0.29, 0.717) is 45.2 Å². The summed E-state index contributed by atoms with van der Waals surface area (Å²) < 4.78 is 1.46. The number of carboxylic acid groups (broad SMARTS) is 1. The lowest BCUT2D eigenvalue weighted by atomic mass is 9.98. The Bertz CT molecular complexity index is 1850. The number of amides is 3. The molecule has 0 aliphatic heterocycles. The fourth-order valence-electron chi connectivity index (χ4n) is 4.54. The normalized spacial score (nSPS) is 11.6. The molecule has 1 atom stereocenters. The Balaban J connectivity index is 1.49. The van der Waals surface area contributed by atoms with Crippen LogP contribution in [0.15, 0.2) is 91.3 Å². The summed E-state index contributed by atoms with van der Waals surface area (Å²) in [7, 11) is 1.48. The molecule has 226 valence electrons. The first-order chi connectivity index (χ1) is 21.8. The molecule has 0 saturated heterocycles. The lowest BCUT2D eigenvalue weighted by Gasteiger charge is -2.19. The summed E-state index contributed by atoms with van der Waals surface area (Å²) in [6.45, 7) is 0. The molecular formula is C31H26ClN9O4. The van der Waals surface area contributed by atoms with Crippen LogP contribution in [0.4, 0.5) is 10.5 Å². The number of halogens is 1. The van der Waals surface area contributed by atoms with Gasteiger partial charge in [0.15, 0.2) is 5.69 Å². The Morgan fingerprint density at radius 3 is 2.47 bits per heavy atom. The van der Waals surface area contributed by atoms with Gasteiger partial charge in [0.2, 0.25) is 5.91 Å². The minimum absolute atomic E-state index is 0.0703. The highest BCUT2D eigenvalue weighted by atomic mass is 35.5. The predicted octanol–water partition coefficient (Wildman–Crippen LogP) is 4.34. The number of hydrogen-bond acceptors (Lipinski definition) is 8. The molecule has 0 bridgehead atoms. The van der Waals surface area contributed by atoms with Crippen molar-refractivity contribution >= 4 is 41.3 Å². The molecule has 0 aliphatic rings. The standard InChI is InChI=1S/C31H26ClN9O4/c1-33-30(43)29-24(20-7-11-23(12-8-20)35-31(44)45)17-26(37-38-29)25(15-19-5-3-2-4-6-19)36-28(42)14-9-21-16-22(32)10-13-27(21)41-18-34-39-40-41/h2-14,16-18,25,35H,15H2,1H3,(H,33,43)(H,36,42)(H,44,45). The molecular weight excluding hydrogens is 598 g/mol. The summed E-state index contributed by atoms with van der Waals surface area (Å²) in [4.78, 5) is 37.1. The van der Waals surface area contributed by atoms with Crippen molar-refractivity contribution in [1.82, 2.24) is 41.0 Å². The first-order valence-electron chi connectivity index (χ1n) is 13.6. The number of benzene rings is 3. The summed E-state index contributed by atoms with van der Waals surface area (Å²) in [5.41, 5.74) is 4.07. The van der Waals surface area contributed by atoms with E-state index in [9.17, 15) is 14.4 Å². The molecule has 2 aromatic heterocycles. The van der Waals surface area contributed by atoms with Gasteiger partial charge < -0.3 is 15.7 Å². The third-order valence-corrected chi connectivity index (χ3v) is 6.89. The number of rotatable bonds is 10. The Hall–Kier alpha value is -5.95. The second kappa shape index (κ2) is 14.0. The zero-order valence-corrected chi connectivity index (χ0v) is 24.5. The van der Waals surface area contributed by atoms with Crippen molar-refractivity contribution in [1.29, 1.82) is 0 Å². The van der Waals surface area contributed by atoms with Crippen LogP contribution in [-0.4, -0.2) is 60.5 Å². The molecule has 5 aromatic rings. The van der Waals surface area contributed by atoms with E-state index >= 15 is 0 Å². The topological polar surface area (TPSA) is 177 Å². The van der Waals surface area contributed by atoms with Gasteiger partial charge in [-0.05, 0) is 70.4 Å². The smallest absolute Gasteiger partial charge is 0.409 e. The summed E-state index contributed by atoms with van der Waals surface area (Å²) in [5, 5.41) is 37.2. The number of aromatic nitrogens is 6. The number of nitrogens with one attached hydrogen (secondary N) is 3. The van der Waals surface area contributed by atoms with Crippen LogP contribution in [0.1, 0.15) is 33.4 Å². The summed E-state index contributed by atoms with van der Waals surface area (Å²) >= 11 is 6.22. The van der Waals surface area contributed by atoms with Crippen molar-refractivity contribution in [3.05, 3.63) is 119 Å². The fourth-order valence-corrected chi connectivity index (χ4v) is 4.72. The van der Waals surface area contributed by atoms with Crippen molar-refractivity contribution in [3.8, 4) is 16.8 Å². The van der Waals surface area contributed by atoms with E-state index in [4.69, 9.17) is 16.7 Å². The van der Waals surface area contributed by atoms with Crippen LogP contribution in [0.5, 0.6) is 0 Å². The first kappa shape index (κ1) is 30.5. The number of anilines is 1. The summed E-state index contributed by atoms with van der Waals surface area (Å²) in [6.07, 6.45) is 3.60. The van der Waals surface area contributed by atoms with E-state index in [1.165, 1.54) is 24.1 Å². The van der Waals surface area contributed by atoms with Crippen LogP contribution in [0.2, 0.25) is 5.02 Å². The summed E-state index contributed by atoms with van der Waals surface area (Å²) in [6, 6.07) is 22.2. The van der Waals surface area contributed by atoms with Crippen molar-refractivity contribution in [3.63, 3.8) is 0 Å². The highest BCUT2D eigenvalue weighted by molar-refractivity contribution is 6.30. The molecule has 14 heteroatoms. The van der Waals surface area contributed by atoms with Gasteiger partial charge in [0.25, 0.3) is 5.91 Å². The van der Waals surface area contributed by atoms with Gasteiger partial charge >= 0.3 is 6.09 Å². The second-order valence-corrected chi connectivity index (χ2v) is 10.1. The third kappa shape index (κ3) is 7.72. The highest BCUT2D eigenvalue weighted by Crippen LogP contribution is 2.28. The maximum absolute atomic E-state index is 13.3. The fraction of sp³-hybridized carbons (Fsp3) is 0.0968. The number of hydrogen-bond donors (Lipinski definition) is 4. The van der Waals surface area contributed by atoms with Crippen LogP contribution >= 0.6 is 11.6 Å². The SMILES string of the molecule is CNC(=O)c1nnc(C(Cc2ccccc2)NC(=O)C=Cc2cc(Cl)ccc2-n2cnnn2)cc1-c1ccc(NC(=O)O)cc1. The average Bonchev–Trinajstić information content (AvgIpc) is 3.58. The van der Waals surface area contributed by atoms with Gasteiger partial charge in [0.05, 0.1) is 17.4 Å². The van der Waals surface area contributed by atoms with Crippen molar-refractivity contribution < 1.29 is 19.5 Å². The van der Waals surface area contributed by atoms with E-state index in [1.54, 1.807) is 54.6 Å². The van der Waals surface area contributed by atoms with Gasteiger partial charge in [-0.1, -0.05) is 54.1 Å². The Morgan fingerprint density at radius 2 is 1.78 bits per heavy atom. The molecule has 3 amide bonds. The minimum Gasteiger partial charge on any atom is -0.465 e. The highest BCUT2D eigenvalue weighted by Gasteiger charge is 2.22. The largest absolute Gasteiger partial charge is 0.465 e. The Morgan fingerprint density at radius 1 is 1.00 bits per heavy atom. The van der Waals surface area contributed by atoms with Crippen LogP contribution in [0, 0.1) is 0 Å². The van der Waals surface area contributed by atoms with Crippen LogP contribution in [0.25, 0.3) is 22.9 Å². The first-order valence-corrected chi connectivity index (χ1v) is 13.9. The van der Waals surface area contributed by atoms with Crippen molar-refractivity contribution in [2.75, 3.05) is 12.4 Å². The predicted molar refractivity (Wildman–Crippen MR) is 167 cm³/mol. The summed E-state index contributed by atoms with van der Waals surface area (Å²) in [5.74, 6) is -0.871. The molecule has 45 heavy (non-hydrogen) atoms. The van der Waals surface area contributed by atoms with Crippen LogP contribution < -0.4 is 16.0 Å². The second-order valence-electron chi connectivity index (χ2n) is 9.66. The van der Waals surface area contributed by atoms with E-state index in [1.807, 2.05) is 30.3 Å². The average molecular weight is 624 g/mol. The van der Waals surface area contributed by atoms with Gasteiger partial charge in [-0.25, -0.2) is 4.79 Å². The molecule has 0 saturated carbocycles. The van der Waals surface area contributed by atoms with E-state index in [0.717, 1.165) is 5.56 Å². The van der Waals surface area contributed by atoms with Gasteiger partial charge in [-0.15, -0.1) is 10.2 Å². The molecule has 1 unspecified atom stereocenters. The van der Waals surface area contributed by atoms with Gasteiger partial charge in [-0.2, -0.15) is 9.78 Å². The van der Waals surface area contributed by atoms with Crippen LogP contribution in [0.3, 0.4) is 0 Å². The van der Waals surface area contributed by atoms with Gasteiger partial charge in [0.1, 0.15) is 6.33 Å². The molecule has 13 nitrogen and oxygen atoms in total. The molecule has 5 rings (SSSR count). The molecule has 3 aromatic carbocycles. The van der Waals surface area contributed by atoms with E-state index < -0.39 is 23.9 Å². The van der Waals surface area contributed by atoms with Gasteiger partial charge in [-0.3, -0.25) is 14.9 Å². The Labute approximate surface area is 262 Å². The number of carbonyl (C=O) groups is 3. The number of carbonyl (C=O) groups excluding carboxylic acids is 2. The third-order valence-electron chi connectivity index (χ3n) is 6.66. The van der Waals surface area contributed by atoms with Gasteiger partial charge in [0, 0.05) is 35.0 Å². The lowest BCUT2D eigenvalue weighted by molar-refractivity contribution is -0.117. The molecule has 2 heterocycles. The van der Waals surface area contributed by atoms with Crippen LogP contribution in [-0.2, 0) is 11.2 Å².